The van der Waals surface area contributed by atoms with Gasteiger partial charge < -0.3 is 23.9 Å². The fourth-order valence-electron chi connectivity index (χ4n) is 4.19. The Morgan fingerprint density at radius 3 is 2.35 bits per heavy atom. The summed E-state index contributed by atoms with van der Waals surface area (Å²) in [6.45, 7) is 3.88. The maximum absolute atomic E-state index is 13.6. The number of aliphatic carboxylic acids is 1. The van der Waals surface area contributed by atoms with Crippen LogP contribution in [0.25, 0.3) is 11.0 Å². The van der Waals surface area contributed by atoms with E-state index in [1.807, 2.05) is 17.6 Å². The minimum Gasteiger partial charge on any atom is -0.497 e. The summed E-state index contributed by atoms with van der Waals surface area (Å²) in [5, 5.41) is 10.5. The first kappa shape index (κ1) is 26.0. The zero-order chi connectivity index (χ0) is 26.7. The fraction of sp³-hybridized carbons (Fsp3) is 0.250. The van der Waals surface area contributed by atoms with Crippen LogP contribution in [0.2, 0.25) is 5.02 Å². The molecule has 0 fully saturated rings. The van der Waals surface area contributed by atoms with E-state index >= 15 is 0 Å². The van der Waals surface area contributed by atoms with Crippen LogP contribution in [0, 0.1) is 6.92 Å². The largest absolute Gasteiger partial charge is 0.497 e. The summed E-state index contributed by atoms with van der Waals surface area (Å²) in [4.78, 5) is 29.7. The molecule has 9 heteroatoms. The van der Waals surface area contributed by atoms with Crippen molar-refractivity contribution < 1.29 is 28.9 Å². The molecule has 0 unspecified atom stereocenters. The molecule has 1 N–H and O–H groups in total. The number of pyridine rings is 1. The molecule has 1 atom stereocenters. The number of hydrogen-bond acceptors (Lipinski definition) is 6. The van der Waals surface area contributed by atoms with Crippen molar-refractivity contribution in [3.8, 4) is 17.4 Å². The maximum atomic E-state index is 13.6. The van der Waals surface area contributed by atoms with Crippen molar-refractivity contribution in [2.24, 2.45) is 0 Å². The maximum Gasteiger partial charge on any atom is 0.344 e. The number of ether oxygens (including phenoxy) is 3. The minimum absolute atomic E-state index is 0.147. The Morgan fingerprint density at radius 2 is 1.73 bits per heavy atom. The highest BCUT2D eigenvalue weighted by Crippen LogP contribution is 2.32. The lowest BCUT2D eigenvalue weighted by Crippen LogP contribution is -2.25. The molecule has 0 amide bonds. The molecule has 37 heavy (non-hydrogen) atoms. The van der Waals surface area contributed by atoms with Gasteiger partial charge in [0.05, 0.1) is 26.3 Å². The Balaban J connectivity index is 1.80. The summed E-state index contributed by atoms with van der Waals surface area (Å²) in [5.74, 6) is 0.274. The number of ketones is 1. The van der Waals surface area contributed by atoms with Gasteiger partial charge in [-0.05, 0) is 67.4 Å². The number of methoxy groups -OCH3 is 2. The van der Waals surface area contributed by atoms with Crippen molar-refractivity contribution in [3.05, 3.63) is 82.0 Å². The number of nitrogens with zero attached hydrogens (tertiary/aromatic N) is 2. The summed E-state index contributed by atoms with van der Waals surface area (Å²) in [6.07, 6.45) is -0.655. The predicted octanol–water partition coefficient (Wildman–Crippen LogP) is 5.54. The van der Waals surface area contributed by atoms with E-state index in [2.05, 4.69) is 4.98 Å². The fourth-order valence-corrected chi connectivity index (χ4v) is 4.37. The van der Waals surface area contributed by atoms with E-state index in [0.29, 0.717) is 62.2 Å². The van der Waals surface area contributed by atoms with Crippen molar-refractivity contribution in [2.75, 3.05) is 14.2 Å². The predicted molar refractivity (Wildman–Crippen MR) is 140 cm³/mol. The Morgan fingerprint density at radius 1 is 1.03 bits per heavy atom. The van der Waals surface area contributed by atoms with Crippen LogP contribution in [-0.4, -0.2) is 46.7 Å². The van der Waals surface area contributed by atoms with Gasteiger partial charge in [0, 0.05) is 27.7 Å². The number of hydrogen-bond donors (Lipinski definition) is 1. The molecular weight excluding hydrogens is 496 g/mol. The van der Waals surface area contributed by atoms with Crippen molar-refractivity contribution in [1.29, 1.82) is 0 Å². The standard InChI is InChI=1S/C28H27ClN2O6/c1-5-23(28(33)34)37-20-10-12-22(29)18(14-20)15-31-16(2)25(21-11-13-24(36-4)30-27(21)31)26(32)17-6-8-19(35-3)9-7-17/h6-14,23H,5,15H2,1-4H3,(H,33,34)/t23-/m0/s1. The molecule has 0 aliphatic rings. The summed E-state index contributed by atoms with van der Waals surface area (Å²) < 4.78 is 18.1. The molecule has 2 aromatic carbocycles. The van der Waals surface area contributed by atoms with Crippen LogP contribution >= 0.6 is 11.6 Å². The molecular formula is C28H27ClN2O6. The van der Waals surface area contributed by atoms with Crippen molar-refractivity contribution in [3.63, 3.8) is 0 Å². The number of benzene rings is 2. The normalized spacial score (nSPS) is 11.8. The zero-order valence-corrected chi connectivity index (χ0v) is 21.7. The van der Waals surface area contributed by atoms with Crippen LogP contribution in [0.5, 0.6) is 17.4 Å². The van der Waals surface area contributed by atoms with Crippen LogP contribution in [0.15, 0.2) is 54.6 Å². The van der Waals surface area contributed by atoms with E-state index in [-0.39, 0.29) is 12.3 Å². The van der Waals surface area contributed by atoms with Crippen LogP contribution in [-0.2, 0) is 11.3 Å². The smallest absolute Gasteiger partial charge is 0.344 e. The van der Waals surface area contributed by atoms with Gasteiger partial charge in [0.1, 0.15) is 17.1 Å². The Bertz CT molecular complexity index is 1460. The highest BCUT2D eigenvalue weighted by atomic mass is 35.5. The van der Waals surface area contributed by atoms with Crippen LogP contribution in [0.1, 0.15) is 40.5 Å². The second-order valence-electron chi connectivity index (χ2n) is 8.44. The van der Waals surface area contributed by atoms with Gasteiger partial charge in [0.15, 0.2) is 11.9 Å². The first-order valence-electron chi connectivity index (χ1n) is 11.7. The first-order valence-corrected chi connectivity index (χ1v) is 12.1. The number of carbonyl (C=O) groups is 2. The van der Waals surface area contributed by atoms with E-state index in [1.54, 1.807) is 62.6 Å². The van der Waals surface area contributed by atoms with E-state index < -0.39 is 12.1 Å². The third-order valence-corrected chi connectivity index (χ3v) is 6.57. The van der Waals surface area contributed by atoms with Crippen molar-refractivity contribution in [1.82, 2.24) is 9.55 Å². The van der Waals surface area contributed by atoms with E-state index in [1.165, 1.54) is 7.11 Å². The lowest BCUT2D eigenvalue weighted by Gasteiger charge is -2.16. The minimum atomic E-state index is -1.04. The van der Waals surface area contributed by atoms with Crippen molar-refractivity contribution in [2.45, 2.75) is 32.9 Å². The van der Waals surface area contributed by atoms with Crippen LogP contribution in [0.3, 0.4) is 0 Å². The third kappa shape index (κ3) is 5.24. The molecule has 0 aliphatic carbocycles. The summed E-state index contributed by atoms with van der Waals surface area (Å²) in [7, 11) is 3.10. The average Bonchev–Trinajstić information content (AvgIpc) is 3.18. The molecule has 2 heterocycles. The van der Waals surface area contributed by atoms with E-state index in [0.717, 1.165) is 0 Å². The second kappa shape index (κ2) is 10.9. The molecule has 192 valence electrons. The van der Waals surface area contributed by atoms with Gasteiger partial charge in [0.2, 0.25) is 5.88 Å². The number of rotatable bonds is 10. The number of carboxylic acids is 1. The zero-order valence-electron chi connectivity index (χ0n) is 20.9. The number of carbonyl (C=O) groups excluding carboxylic acids is 1. The van der Waals surface area contributed by atoms with Crippen LogP contribution in [0.4, 0.5) is 0 Å². The van der Waals surface area contributed by atoms with Gasteiger partial charge in [0.25, 0.3) is 0 Å². The van der Waals surface area contributed by atoms with Crippen LogP contribution < -0.4 is 14.2 Å². The summed E-state index contributed by atoms with van der Waals surface area (Å²) in [5.41, 5.74) is 3.00. The molecule has 0 radical (unpaired) electrons. The number of aromatic nitrogens is 2. The summed E-state index contributed by atoms with van der Waals surface area (Å²) >= 11 is 6.53. The number of halogens is 1. The molecule has 2 aromatic heterocycles. The SMILES string of the molecule is CC[C@H](Oc1ccc(Cl)c(Cn2c(C)c(C(=O)c3ccc(OC)cc3)c3ccc(OC)nc32)c1)C(=O)O. The molecule has 4 aromatic rings. The Hall–Kier alpha value is -4.04. The number of fused-ring (bicyclic) bond motifs is 1. The van der Waals surface area contributed by atoms with Gasteiger partial charge in [-0.3, -0.25) is 4.79 Å². The molecule has 8 nitrogen and oxygen atoms in total. The average molecular weight is 523 g/mol. The molecule has 0 saturated heterocycles. The lowest BCUT2D eigenvalue weighted by atomic mass is 10.0. The Labute approximate surface area is 219 Å². The van der Waals surface area contributed by atoms with E-state index in [4.69, 9.17) is 25.8 Å². The van der Waals surface area contributed by atoms with E-state index in [9.17, 15) is 14.7 Å². The highest BCUT2D eigenvalue weighted by molar-refractivity contribution is 6.31. The second-order valence-corrected chi connectivity index (χ2v) is 8.84. The Kier molecular flexibility index (Phi) is 7.69. The summed E-state index contributed by atoms with van der Waals surface area (Å²) in [6, 6.07) is 15.5. The van der Waals surface area contributed by atoms with Gasteiger partial charge >= 0.3 is 5.97 Å². The van der Waals surface area contributed by atoms with Crippen molar-refractivity contribution >= 4 is 34.4 Å². The lowest BCUT2D eigenvalue weighted by molar-refractivity contribution is -0.145. The third-order valence-electron chi connectivity index (χ3n) is 6.20. The number of carboxylic acid groups (broad SMARTS) is 1. The topological polar surface area (TPSA) is 99.9 Å². The first-order chi connectivity index (χ1) is 17.8. The molecule has 4 rings (SSSR count). The van der Waals surface area contributed by atoms with Gasteiger partial charge in [-0.1, -0.05) is 18.5 Å². The quantitative estimate of drug-likeness (QED) is 0.273. The van der Waals surface area contributed by atoms with Gasteiger partial charge in [-0.2, -0.15) is 4.98 Å². The highest BCUT2D eigenvalue weighted by Gasteiger charge is 2.24. The van der Waals surface area contributed by atoms with Gasteiger partial charge in [-0.15, -0.1) is 0 Å². The molecule has 0 spiro atoms. The molecule has 0 aliphatic heterocycles. The monoisotopic (exact) mass is 522 g/mol. The van der Waals surface area contributed by atoms with Gasteiger partial charge in [-0.25, -0.2) is 4.79 Å². The molecule has 0 bridgehead atoms. The molecule has 0 saturated carbocycles.